The predicted octanol–water partition coefficient (Wildman–Crippen LogP) is 1.72. The first kappa shape index (κ1) is 10.0. The maximum atomic E-state index is 8.08. The summed E-state index contributed by atoms with van der Waals surface area (Å²) in [4.78, 5) is 6.08. The van der Waals surface area contributed by atoms with Gasteiger partial charge in [-0.1, -0.05) is 29.4 Å². The number of benzene rings is 1. The van der Waals surface area contributed by atoms with Gasteiger partial charge < -0.3 is 9.42 Å². The van der Waals surface area contributed by atoms with Crippen molar-refractivity contribution >= 4 is 5.84 Å². The number of amidine groups is 1. The van der Waals surface area contributed by atoms with Crippen LogP contribution in [0.3, 0.4) is 0 Å². The fraction of sp³-hybridized carbons (Fsp3) is 0.250. The molecule has 86 valence electrons. The van der Waals surface area contributed by atoms with Gasteiger partial charge in [0.15, 0.2) is 5.82 Å². The van der Waals surface area contributed by atoms with E-state index < -0.39 is 0 Å². The van der Waals surface area contributed by atoms with Gasteiger partial charge in [-0.2, -0.15) is 4.98 Å². The van der Waals surface area contributed by atoms with Crippen molar-refractivity contribution in [1.29, 1.82) is 5.41 Å². The van der Waals surface area contributed by atoms with Crippen molar-refractivity contribution in [3.63, 3.8) is 0 Å². The van der Waals surface area contributed by atoms with E-state index in [1.165, 1.54) is 5.56 Å². The van der Waals surface area contributed by atoms with Gasteiger partial charge in [-0.05, 0) is 12.5 Å². The summed E-state index contributed by atoms with van der Waals surface area (Å²) in [6, 6.07) is 7.96. The van der Waals surface area contributed by atoms with Crippen LogP contribution in [0.25, 0.3) is 0 Å². The third-order valence-corrected chi connectivity index (χ3v) is 2.85. The first-order valence-corrected chi connectivity index (χ1v) is 5.45. The van der Waals surface area contributed by atoms with Crippen LogP contribution in [0.2, 0.25) is 0 Å². The minimum atomic E-state index is 0.494. The quantitative estimate of drug-likeness (QED) is 0.849. The molecule has 0 saturated heterocycles. The zero-order valence-electron chi connectivity index (χ0n) is 9.47. The fourth-order valence-corrected chi connectivity index (χ4v) is 2.05. The van der Waals surface area contributed by atoms with Crippen molar-refractivity contribution in [3.8, 4) is 0 Å². The first-order valence-electron chi connectivity index (χ1n) is 5.45. The first-order chi connectivity index (χ1) is 8.24. The fourth-order valence-electron chi connectivity index (χ4n) is 2.05. The monoisotopic (exact) mass is 228 g/mol. The second-order valence-electron chi connectivity index (χ2n) is 4.10. The van der Waals surface area contributed by atoms with E-state index in [4.69, 9.17) is 9.93 Å². The lowest BCUT2D eigenvalue weighted by Gasteiger charge is -2.14. The standard InChI is InChI=1S/C12H12N4O/c1-8-14-11(17-15-8)7-16-6-9-4-2-3-5-10(9)12(16)13/h2-5,13H,6-7H2,1H3. The number of nitrogens with one attached hydrogen (secondary N) is 1. The normalized spacial score (nSPS) is 14.2. The highest BCUT2D eigenvalue weighted by Gasteiger charge is 2.24. The van der Waals surface area contributed by atoms with E-state index >= 15 is 0 Å². The Bertz CT molecular complexity index is 575. The van der Waals surface area contributed by atoms with Crippen LogP contribution < -0.4 is 0 Å². The molecule has 0 saturated carbocycles. The maximum absolute atomic E-state index is 8.08. The lowest BCUT2D eigenvalue weighted by Crippen LogP contribution is -2.23. The minimum absolute atomic E-state index is 0.494. The molecule has 1 N–H and O–H groups in total. The molecule has 1 aromatic heterocycles. The number of rotatable bonds is 2. The summed E-state index contributed by atoms with van der Waals surface area (Å²) in [7, 11) is 0. The molecule has 2 aromatic rings. The number of fused-ring (bicyclic) bond motifs is 1. The molecule has 0 spiro atoms. The predicted molar refractivity (Wildman–Crippen MR) is 61.6 cm³/mol. The van der Waals surface area contributed by atoms with Crippen LogP contribution in [0.15, 0.2) is 28.8 Å². The summed E-state index contributed by atoms with van der Waals surface area (Å²) in [5, 5.41) is 11.8. The molecule has 0 atom stereocenters. The molecular weight excluding hydrogens is 216 g/mol. The molecule has 0 radical (unpaired) electrons. The van der Waals surface area contributed by atoms with Crippen LogP contribution in [-0.4, -0.2) is 20.9 Å². The van der Waals surface area contributed by atoms with Gasteiger partial charge in [0.05, 0.1) is 6.54 Å². The summed E-state index contributed by atoms with van der Waals surface area (Å²) >= 11 is 0. The Morgan fingerprint density at radius 2 is 2.24 bits per heavy atom. The summed E-state index contributed by atoms with van der Waals surface area (Å²) in [5.41, 5.74) is 2.16. The summed E-state index contributed by atoms with van der Waals surface area (Å²) in [6.07, 6.45) is 0. The molecular formula is C12H12N4O. The molecule has 3 rings (SSSR count). The molecule has 17 heavy (non-hydrogen) atoms. The molecule has 0 bridgehead atoms. The largest absolute Gasteiger partial charge is 0.343 e. The molecule has 1 aliphatic heterocycles. The van der Waals surface area contributed by atoms with Crippen LogP contribution in [0.4, 0.5) is 0 Å². The Labute approximate surface area is 98.6 Å². The average Bonchev–Trinajstić information content (AvgIpc) is 2.86. The summed E-state index contributed by atoms with van der Waals surface area (Å²) in [5.74, 6) is 1.71. The topological polar surface area (TPSA) is 66.0 Å². The Balaban J connectivity index is 1.82. The van der Waals surface area contributed by atoms with Crippen molar-refractivity contribution in [1.82, 2.24) is 15.0 Å². The van der Waals surface area contributed by atoms with Crippen LogP contribution >= 0.6 is 0 Å². The van der Waals surface area contributed by atoms with E-state index in [1.807, 2.05) is 29.2 Å². The van der Waals surface area contributed by atoms with Gasteiger partial charge in [0.2, 0.25) is 5.89 Å². The van der Waals surface area contributed by atoms with Crippen molar-refractivity contribution < 1.29 is 4.52 Å². The highest BCUT2D eigenvalue weighted by molar-refractivity contribution is 6.00. The summed E-state index contributed by atoms with van der Waals surface area (Å²) < 4.78 is 5.07. The molecule has 0 aliphatic carbocycles. The maximum Gasteiger partial charge on any atom is 0.246 e. The zero-order valence-corrected chi connectivity index (χ0v) is 9.47. The van der Waals surface area contributed by atoms with Crippen molar-refractivity contribution in [3.05, 3.63) is 47.1 Å². The number of hydrogen-bond donors (Lipinski definition) is 1. The molecule has 0 fully saturated rings. The van der Waals surface area contributed by atoms with Gasteiger partial charge in [-0.3, -0.25) is 5.41 Å². The Hall–Kier alpha value is -2.17. The smallest absolute Gasteiger partial charge is 0.246 e. The van der Waals surface area contributed by atoms with E-state index in [9.17, 15) is 0 Å². The molecule has 5 nitrogen and oxygen atoms in total. The minimum Gasteiger partial charge on any atom is -0.343 e. The second kappa shape index (κ2) is 3.69. The van der Waals surface area contributed by atoms with Gasteiger partial charge in [0, 0.05) is 12.1 Å². The van der Waals surface area contributed by atoms with E-state index in [0.717, 1.165) is 12.1 Å². The number of hydrogen-bond acceptors (Lipinski definition) is 4. The van der Waals surface area contributed by atoms with Gasteiger partial charge in [-0.25, -0.2) is 0 Å². The molecule has 5 heteroatoms. The number of aryl methyl sites for hydroxylation is 1. The third kappa shape index (κ3) is 1.69. The van der Waals surface area contributed by atoms with E-state index in [2.05, 4.69) is 10.1 Å². The van der Waals surface area contributed by atoms with Crippen LogP contribution in [0, 0.1) is 12.3 Å². The van der Waals surface area contributed by atoms with Gasteiger partial charge in [0.25, 0.3) is 0 Å². The van der Waals surface area contributed by atoms with E-state index in [-0.39, 0.29) is 0 Å². The molecule has 2 heterocycles. The van der Waals surface area contributed by atoms with Crippen molar-refractivity contribution in [2.45, 2.75) is 20.0 Å². The van der Waals surface area contributed by atoms with Gasteiger partial charge in [-0.15, -0.1) is 0 Å². The van der Waals surface area contributed by atoms with Crippen LogP contribution in [0.5, 0.6) is 0 Å². The highest BCUT2D eigenvalue weighted by Crippen LogP contribution is 2.23. The Morgan fingerprint density at radius 1 is 1.41 bits per heavy atom. The van der Waals surface area contributed by atoms with Gasteiger partial charge >= 0.3 is 0 Å². The zero-order chi connectivity index (χ0) is 11.8. The summed E-state index contributed by atoms with van der Waals surface area (Å²) in [6.45, 7) is 3.02. The van der Waals surface area contributed by atoms with E-state index in [1.54, 1.807) is 6.92 Å². The molecule has 1 aliphatic rings. The average molecular weight is 228 g/mol. The van der Waals surface area contributed by atoms with Crippen LogP contribution in [0.1, 0.15) is 22.8 Å². The lowest BCUT2D eigenvalue weighted by molar-refractivity contribution is 0.312. The van der Waals surface area contributed by atoms with Crippen molar-refractivity contribution in [2.75, 3.05) is 0 Å². The van der Waals surface area contributed by atoms with Crippen LogP contribution in [-0.2, 0) is 13.1 Å². The Morgan fingerprint density at radius 3 is 2.94 bits per heavy atom. The Kier molecular flexibility index (Phi) is 2.18. The van der Waals surface area contributed by atoms with Crippen molar-refractivity contribution in [2.24, 2.45) is 0 Å². The molecule has 0 unspecified atom stereocenters. The highest BCUT2D eigenvalue weighted by atomic mass is 16.5. The molecule has 0 amide bonds. The lowest BCUT2D eigenvalue weighted by atomic mass is 10.1. The number of nitrogens with zero attached hydrogens (tertiary/aromatic N) is 3. The van der Waals surface area contributed by atoms with E-state index in [0.29, 0.717) is 24.1 Å². The third-order valence-electron chi connectivity index (χ3n) is 2.85. The second-order valence-corrected chi connectivity index (χ2v) is 4.10. The SMILES string of the molecule is Cc1noc(CN2Cc3ccccc3C2=N)n1. The number of aromatic nitrogens is 2. The molecule has 1 aromatic carbocycles. The van der Waals surface area contributed by atoms with Gasteiger partial charge in [0.1, 0.15) is 5.84 Å².